The fourth-order valence-corrected chi connectivity index (χ4v) is 4.02. The van der Waals surface area contributed by atoms with E-state index in [9.17, 15) is 18.0 Å². The van der Waals surface area contributed by atoms with Crippen LogP contribution in [-0.4, -0.2) is 27.3 Å². The fraction of sp³-hybridized carbons (Fsp3) is 0.0526. The first-order chi connectivity index (χ1) is 13.8. The molecule has 0 aliphatic carbocycles. The third-order valence-electron chi connectivity index (χ3n) is 3.88. The van der Waals surface area contributed by atoms with Gasteiger partial charge in [0.25, 0.3) is 11.8 Å². The van der Waals surface area contributed by atoms with E-state index in [1.165, 1.54) is 36.6 Å². The van der Waals surface area contributed by atoms with E-state index >= 15 is 0 Å². The number of thiophene rings is 1. The summed E-state index contributed by atoms with van der Waals surface area (Å²) in [7, 11) is -2.44. The van der Waals surface area contributed by atoms with E-state index in [0.29, 0.717) is 16.3 Å². The summed E-state index contributed by atoms with van der Waals surface area (Å²) < 4.78 is 26.1. The molecule has 150 valence electrons. The van der Waals surface area contributed by atoms with Gasteiger partial charge in [-0.25, -0.2) is 13.1 Å². The molecule has 10 heteroatoms. The van der Waals surface area contributed by atoms with Crippen molar-refractivity contribution in [3.05, 3.63) is 75.4 Å². The Balaban J connectivity index is 1.79. The highest BCUT2D eigenvalue weighted by Crippen LogP contribution is 2.23. The van der Waals surface area contributed by atoms with Crippen LogP contribution in [-0.2, 0) is 10.0 Å². The number of hydrogen-bond donors (Lipinski definition) is 3. The zero-order valence-corrected chi connectivity index (χ0v) is 17.5. The van der Waals surface area contributed by atoms with Gasteiger partial charge in [0.2, 0.25) is 10.0 Å². The first-order valence-corrected chi connectivity index (χ1v) is 11.0. The number of nitrogens with one attached hydrogen (secondary N) is 3. The van der Waals surface area contributed by atoms with E-state index < -0.39 is 15.9 Å². The number of rotatable bonds is 6. The summed E-state index contributed by atoms with van der Waals surface area (Å²) >= 11 is 7.39. The summed E-state index contributed by atoms with van der Waals surface area (Å²) in [5.41, 5.74) is 0.923. The molecule has 0 bridgehead atoms. The van der Waals surface area contributed by atoms with Gasteiger partial charge in [0.1, 0.15) is 0 Å². The van der Waals surface area contributed by atoms with Gasteiger partial charge in [-0.05, 0) is 54.9 Å². The summed E-state index contributed by atoms with van der Waals surface area (Å²) in [5, 5.41) is 7.32. The predicted molar refractivity (Wildman–Crippen MR) is 114 cm³/mol. The molecule has 3 N–H and O–H groups in total. The van der Waals surface area contributed by atoms with E-state index in [1.54, 1.807) is 41.8 Å². The number of carbonyl (C=O) groups excluding carboxylic acids is 2. The quantitative estimate of drug-likeness (QED) is 0.532. The van der Waals surface area contributed by atoms with Gasteiger partial charge in [-0.2, -0.15) is 0 Å². The molecular formula is C19H16ClN3O4S2. The minimum atomic E-state index is -3.72. The van der Waals surface area contributed by atoms with Gasteiger partial charge in [-0.1, -0.05) is 23.7 Å². The first-order valence-electron chi connectivity index (χ1n) is 8.29. The van der Waals surface area contributed by atoms with Crippen molar-refractivity contribution in [3.8, 4) is 0 Å². The summed E-state index contributed by atoms with van der Waals surface area (Å²) in [6.07, 6.45) is 0. The largest absolute Gasteiger partial charge is 0.322 e. The number of amides is 2. The Bertz CT molecular complexity index is 1160. The van der Waals surface area contributed by atoms with Crippen molar-refractivity contribution in [1.29, 1.82) is 0 Å². The molecule has 29 heavy (non-hydrogen) atoms. The number of halogens is 1. The Morgan fingerprint density at radius 1 is 0.931 bits per heavy atom. The van der Waals surface area contributed by atoms with Gasteiger partial charge in [0.05, 0.1) is 20.4 Å². The number of benzene rings is 2. The van der Waals surface area contributed by atoms with Gasteiger partial charge in [0, 0.05) is 11.4 Å². The number of carbonyl (C=O) groups is 2. The Morgan fingerprint density at radius 3 is 2.24 bits per heavy atom. The van der Waals surface area contributed by atoms with Crippen molar-refractivity contribution in [1.82, 2.24) is 4.72 Å². The van der Waals surface area contributed by atoms with Crippen LogP contribution in [0.15, 0.2) is 64.9 Å². The summed E-state index contributed by atoms with van der Waals surface area (Å²) in [6.45, 7) is 0. The van der Waals surface area contributed by atoms with Crippen molar-refractivity contribution in [2.24, 2.45) is 0 Å². The van der Waals surface area contributed by atoms with Crippen LogP contribution in [0, 0.1) is 0 Å². The standard InChI is InChI=1S/C19H16ClN3O4S2/c1-21-29(26,27)14-7-8-16(20)15(11-14)18(24)22-12-4-2-5-13(10-12)23-19(25)17-6-3-9-28-17/h2-11,21H,1H3,(H,22,24)(H,23,25). The second kappa shape index (κ2) is 8.75. The molecule has 2 amide bonds. The van der Waals surface area contributed by atoms with Gasteiger partial charge >= 0.3 is 0 Å². The Labute approximate surface area is 176 Å². The smallest absolute Gasteiger partial charge is 0.265 e. The third-order valence-corrected chi connectivity index (χ3v) is 6.49. The molecule has 0 saturated heterocycles. The van der Waals surface area contributed by atoms with Gasteiger partial charge in [0.15, 0.2) is 0 Å². The van der Waals surface area contributed by atoms with Crippen LogP contribution in [0.25, 0.3) is 0 Å². The van der Waals surface area contributed by atoms with Crippen LogP contribution in [0.5, 0.6) is 0 Å². The minimum absolute atomic E-state index is 0.0102. The summed E-state index contributed by atoms with van der Waals surface area (Å²) in [4.78, 5) is 25.3. The second-order valence-corrected chi connectivity index (χ2v) is 9.06. The zero-order chi connectivity index (χ0) is 21.0. The minimum Gasteiger partial charge on any atom is -0.322 e. The molecule has 2 aromatic carbocycles. The molecule has 7 nitrogen and oxygen atoms in total. The Morgan fingerprint density at radius 2 is 1.62 bits per heavy atom. The molecule has 3 rings (SSSR count). The first kappa shape index (κ1) is 21.0. The lowest BCUT2D eigenvalue weighted by molar-refractivity contribution is 0.102. The second-order valence-electron chi connectivity index (χ2n) is 5.82. The maximum Gasteiger partial charge on any atom is 0.265 e. The van der Waals surface area contributed by atoms with Crippen molar-refractivity contribution >= 4 is 56.2 Å². The van der Waals surface area contributed by atoms with E-state index in [4.69, 9.17) is 11.6 Å². The van der Waals surface area contributed by atoms with Crippen LogP contribution in [0.3, 0.4) is 0 Å². The van der Waals surface area contributed by atoms with E-state index in [-0.39, 0.29) is 21.4 Å². The SMILES string of the molecule is CNS(=O)(=O)c1ccc(Cl)c(C(=O)Nc2cccc(NC(=O)c3cccs3)c2)c1. The molecule has 0 atom stereocenters. The highest BCUT2D eigenvalue weighted by molar-refractivity contribution is 7.89. The zero-order valence-electron chi connectivity index (χ0n) is 15.1. The monoisotopic (exact) mass is 449 g/mol. The lowest BCUT2D eigenvalue weighted by Crippen LogP contribution is -2.20. The summed E-state index contributed by atoms with van der Waals surface area (Å²) in [6, 6.07) is 13.9. The molecule has 0 spiro atoms. The van der Waals surface area contributed by atoms with Crippen LogP contribution >= 0.6 is 22.9 Å². The van der Waals surface area contributed by atoms with Crippen molar-refractivity contribution in [3.63, 3.8) is 0 Å². The lowest BCUT2D eigenvalue weighted by atomic mass is 10.2. The molecule has 0 radical (unpaired) electrons. The van der Waals surface area contributed by atoms with Gasteiger partial charge < -0.3 is 10.6 Å². The molecule has 0 unspecified atom stereocenters. The van der Waals surface area contributed by atoms with Crippen LogP contribution in [0.1, 0.15) is 20.0 Å². The topological polar surface area (TPSA) is 104 Å². The summed E-state index contributed by atoms with van der Waals surface area (Å²) in [5.74, 6) is -0.832. The molecule has 0 aliphatic rings. The predicted octanol–water partition coefficient (Wildman–Crippen LogP) is 3.81. The Kier molecular flexibility index (Phi) is 6.33. The van der Waals surface area contributed by atoms with E-state index in [0.717, 1.165) is 0 Å². The average molecular weight is 450 g/mol. The maximum atomic E-state index is 12.6. The van der Waals surface area contributed by atoms with Crippen LogP contribution in [0.4, 0.5) is 11.4 Å². The van der Waals surface area contributed by atoms with Crippen LogP contribution < -0.4 is 15.4 Å². The van der Waals surface area contributed by atoms with E-state index in [2.05, 4.69) is 15.4 Å². The molecule has 0 fully saturated rings. The number of hydrogen-bond acceptors (Lipinski definition) is 5. The molecule has 0 aliphatic heterocycles. The van der Waals surface area contributed by atoms with Crippen molar-refractivity contribution < 1.29 is 18.0 Å². The molecule has 1 heterocycles. The van der Waals surface area contributed by atoms with E-state index in [1.807, 2.05) is 0 Å². The van der Waals surface area contributed by atoms with Crippen molar-refractivity contribution in [2.45, 2.75) is 4.90 Å². The fourth-order valence-electron chi connectivity index (χ4n) is 2.44. The van der Waals surface area contributed by atoms with Gasteiger partial charge in [-0.3, -0.25) is 9.59 Å². The highest BCUT2D eigenvalue weighted by atomic mass is 35.5. The molecule has 1 aromatic heterocycles. The Hall–Kier alpha value is -2.72. The number of anilines is 2. The van der Waals surface area contributed by atoms with Gasteiger partial charge in [-0.15, -0.1) is 11.3 Å². The lowest BCUT2D eigenvalue weighted by Gasteiger charge is -2.10. The third kappa shape index (κ3) is 5.01. The maximum absolute atomic E-state index is 12.6. The average Bonchev–Trinajstić information content (AvgIpc) is 3.23. The highest BCUT2D eigenvalue weighted by Gasteiger charge is 2.18. The van der Waals surface area contributed by atoms with Crippen LogP contribution in [0.2, 0.25) is 5.02 Å². The molecule has 3 aromatic rings. The molecular weight excluding hydrogens is 434 g/mol. The van der Waals surface area contributed by atoms with Crippen molar-refractivity contribution in [2.75, 3.05) is 17.7 Å². The number of sulfonamides is 1. The molecule has 0 saturated carbocycles. The normalized spacial score (nSPS) is 11.1.